The molecule has 8 heteroatoms. The van der Waals surface area contributed by atoms with Crippen LogP contribution in [-0.2, 0) is 21.4 Å². The molecule has 136 valence electrons. The first-order valence-electron chi connectivity index (χ1n) is 7.59. The molecule has 0 radical (unpaired) electrons. The maximum Gasteiger partial charge on any atom is 0.416 e. The van der Waals surface area contributed by atoms with Gasteiger partial charge >= 0.3 is 6.18 Å². The van der Waals surface area contributed by atoms with Crippen LogP contribution in [0.3, 0.4) is 0 Å². The van der Waals surface area contributed by atoms with Crippen molar-refractivity contribution in [2.75, 3.05) is 26.7 Å². The molecule has 1 heterocycles. The summed E-state index contributed by atoms with van der Waals surface area (Å²) in [5, 5.41) is 0. The van der Waals surface area contributed by atoms with Crippen molar-refractivity contribution < 1.29 is 27.2 Å². The van der Waals surface area contributed by atoms with Crippen LogP contribution in [-0.4, -0.2) is 48.3 Å². The average molecular weight is 358 g/mol. The number of likely N-dealkylation sites (tertiary alicyclic amines) is 1. The maximum atomic E-state index is 15.1. The smallest absolute Gasteiger partial charge is 0.337 e. The molecule has 2 amide bonds. The van der Waals surface area contributed by atoms with Crippen LogP contribution >= 0.6 is 0 Å². The van der Waals surface area contributed by atoms with E-state index in [0.717, 1.165) is 29.2 Å². The van der Waals surface area contributed by atoms with Gasteiger partial charge in [-0.3, -0.25) is 9.59 Å². The number of rotatable bonds is 4. The molecule has 0 N–H and O–H groups in total. The number of amides is 2. The molecule has 1 fully saturated rings. The van der Waals surface area contributed by atoms with Crippen LogP contribution in [0.2, 0.25) is 0 Å². The largest absolute Gasteiger partial charge is 0.416 e. The average Bonchev–Trinajstić information content (AvgIpc) is 2.97. The molecular weight excluding hydrogens is 340 g/mol. The van der Waals surface area contributed by atoms with Gasteiger partial charge < -0.3 is 9.80 Å². The first kappa shape index (κ1) is 19.0. The van der Waals surface area contributed by atoms with Gasteiger partial charge in [0.05, 0.1) is 18.7 Å². The van der Waals surface area contributed by atoms with Gasteiger partial charge in [0.1, 0.15) is 0 Å². The first-order valence-corrected chi connectivity index (χ1v) is 7.59. The molecule has 1 saturated heterocycles. The maximum absolute atomic E-state index is 15.1. The Hall–Kier alpha value is -2.38. The molecule has 0 spiro atoms. The molecule has 0 aliphatic carbocycles. The van der Waals surface area contributed by atoms with Crippen molar-refractivity contribution in [3.63, 3.8) is 0 Å². The van der Waals surface area contributed by atoms with Gasteiger partial charge in [-0.2, -0.15) is 13.2 Å². The predicted molar refractivity (Wildman–Crippen MR) is 83.3 cm³/mol. The third kappa shape index (κ3) is 4.18. The second kappa shape index (κ2) is 6.85. The van der Waals surface area contributed by atoms with E-state index in [-0.39, 0.29) is 31.6 Å². The van der Waals surface area contributed by atoms with Crippen molar-refractivity contribution >= 4 is 11.8 Å². The standard InChI is InChI=1S/C17H18F4N2O2/c1-3-14(24)22(2)10-15(25)23-8-7-16(18,11-23)12-5-4-6-13(9-12)17(19,20)21/h3-6,9H,1,7-8,10-11H2,2H3. The minimum atomic E-state index is -4.56. The van der Waals surface area contributed by atoms with E-state index in [1.165, 1.54) is 18.0 Å². The lowest BCUT2D eigenvalue weighted by atomic mass is 9.93. The SMILES string of the molecule is C=CC(=O)N(C)CC(=O)N1CCC(F)(c2cccc(C(F)(F)F)c2)C1. The van der Waals surface area contributed by atoms with Crippen LogP contribution in [0, 0.1) is 0 Å². The summed E-state index contributed by atoms with van der Waals surface area (Å²) in [5.74, 6) is -0.916. The van der Waals surface area contributed by atoms with E-state index >= 15 is 4.39 Å². The normalized spacial score (nSPS) is 20.4. The summed E-state index contributed by atoms with van der Waals surface area (Å²) < 4.78 is 53.5. The van der Waals surface area contributed by atoms with E-state index in [2.05, 4.69) is 6.58 Å². The van der Waals surface area contributed by atoms with Crippen LogP contribution in [0.15, 0.2) is 36.9 Å². The molecule has 0 saturated carbocycles. The van der Waals surface area contributed by atoms with Crippen molar-refractivity contribution in [3.8, 4) is 0 Å². The molecule has 4 nitrogen and oxygen atoms in total. The summed E-state index contributed by atoms with van der Waals surface area (Å²) in [4.78, 5) is 25.9. The van der Waals surface area contributed by atoms with Gasteiger partial charge in [-0.05, 0) is 23.8 Å². The number of hydrogen-bond acceptors (Lipinski definition) is 2. The van der Waals surface area contributed by atoms with Crippen molar-refractivity contribution in [2.24, 2.45) is 0 Å². The van der Waals surface area contributed by atoms with E-state index < -0.39 is 29.2 Å². The van der Waals surface area contributed by atoms with Crippen LogP contribution in [0.25, 0.3) is 0 Å². The quantitative estimate of drug-likeness (QED) is 0.613. The van der Waals surface area contributed by atoms with Crippen LogP contribution in [0.4, 0.5) is 17.6 Å². The van der Waals surface area contributed by atoms with Crippen molar-refractivity contribution in [1.29, 1.82) is 0 Å². The van der Waals surface area contributed by atoms with Gasteiger partial charge in [-0.1, -0.05) is 18.7 Å². The van der Waals surface area contributed by atoms with Crippen molar-refractivity contribution in [1.82, 2.24) is 9.80 Å². The van der Waals surface area contributed by atoms with Crippen molar-refractivity contribution in [2.45, 2.75) is 18.3 Å². The molecule has 1 aliphatic heterocycles. The van der Waals surface area contributed by atoms with E-state index in [4.69, 9.17) is 0 Å². The number of carbonyl (C=O) groups is 2. The molecule has 0 bridgehead atoms. The molecular formula is C17H18F4N2O2. The number of alkyl halides is 4. The number of carbonyl (C=O) groups excluding carboxylic acids is 2. The molecule has 1 aromatic rings. The Morgan fingerprint density at radius 3 is 2.68 bits per heavy atom. The summed E-state index contributed by atoms with van der Waals surface area (Å²) in [6, 6.07) is 4.10. The fraction of sp³-hybridized carbons (Fsp3) is 0.412. The summed E-state index contributed by atoms with van der Waals surface area (Å²) >= 11 is 0. The highest BCUT2D eigenvalue weighted by Crippen LogP contribution is 2.38. The molecule has 2 rings (SSSR count). The van der Waals surface area contributed by atoms with Gasteiger partial charge in [0.25, 0.3) is 0 Å². The third-order valence-corrected chi connectivity index (χ3v) is 4.20. The zero-order valence-corrected chi connectivity index (χ0v) is 13.6. The van der Waals surface area contributed by atoms with Gasteiger partial charge in [-0.15, -0.1) is 0 Å². The lowest BCUT2D eigenvalue weighted by Crippen LogP contribution is -2.40. The molecule has 25 heavy (non-hydrogen) atoms. The van der Waals surface area contributed by atoms with Crippen molar-refractivity contribution in [3.05, 3.63) is 48.0 Å². The van der Waals surface area contributed by atoms with E-state index in [1.807, 2.05) is 0 Å². The lowest BCUT2D eigenvalue weighted by molar-refractivity contribution is -0.138. The number of nitrogens with zero attached hydrogens (tertiary/aromatic N) is 2. The Kier molecular flexibility index (Phi) is 5.20. The molecule has 1 aromatic carbocycles. The van der Waals surface area contributed by atoms with Crippen LogP contribution < -0.4 is 0 Å². The molecule has 0 aromatic heterocycles. The van der Waals surface area contributed by atoms with Crippen LogP contribution in [0.5, 0.6) is 0 Å². The minimum absolute atomic E-state index is 0.0711. The second-order valence-corrected chi connectivity index (χ2v) is 6.01. The van der Waals surface area contributed by atoms with E-state index in [0.29, 0.717) is 0 Å². The molecule has 1 atom stereocenters. The Labute approximate surface area is 142 Å². The van der Waals surface area contributed by atoms with E-state index in [1.54, 1.807) is 0 Å². The summed E-state index contributed by atoms with van der Waals surface area (Å²) in [7, 11) is 1.41. The highest BCUT2D eigenvalue weighted by molar-refractivity contribution is 5.90. The third-order valence-electron chi connectivity index (χ3n) is 4.20. The first-order chi connectivity index (χ1) is 11.6. The Morgan fingerprint density at radius 1 is 1.40 bits per heavy atom. The number of halogens is 4. The van der Waals surface area contributed by atoms with Gasteiger partial charge in [0.15, 0.2) is 5.67 Å². The van der Waals surface area contributed by atoms with Gasteiger partial charge in [0, 0.05) is 20.0 Å². The Balaban J connectivity index is 2.12. The fourth-order valence-electron chi connectivity index (χ4n) is 2.73. The second-order valence-electron chi connectivity index (χ2n) is 6.01. The Bertz CT molecular complexity index is 689. The highest BCUT2D eigenvalue weighted by atomic mass is 19.4. The monoisotopic (exact) mass is 358 g/mol. The summed E-state index contributed by atoms with van der Waals surface area (Å²) in [6.07, 6.45) is -3.60. The molecule has 1 unspecified atom stereocenters. The Morgan fingerprint density at radius 2 is 2.08 bits per heavy atom. The van der Waals surface area contributed by atoms with Crippen LogP contribution in [0.1, 0.15) is 17.5 Å². The zero-order valence-electron chi connectivity index (χ0n) is 13.6. The van der Waals surface area contributed by atoms with Gasteiger partial charge in [0.2, 0.25) is 11.8 Å². The zero-order chi connectivity index (χ0) is 18.8. The fourth-order valence-corrected chi connectivity index (χ4v) is 2.73. The molecule has 1 aliphatic rings. The summed E-state index contributed by atoms with van der Waals surface area (Å²) in [5.41, 5.74) is -3.07. The minimum Gasteiger partial charge on any atom is -0.337 e. The topological polar surface area (TPSA) is 40.6 Å². The predicted octanol–water partition coefficient (Wildman–Crippen LogP) is 2.75. The van der Waals surface area contributed by atoms with E-state index in [9.17, 15) is 22.8 Å². The number of hydrogen-bond donors (Lipinski definition) is 0. The lowest BCUT2D eigenvalue weighted by Gasteiger charge is -2.24. The van der Waals surface area contributed by atoms with Gasteiger partial charge in [-0.25, -0.2) is 4.39 Å². The number of likely N-dealkylation sites (N-methyl/N-ethyl adjacent to an activating group) is 1. The number of benzene rings is 1. The summed E-state index contributed by atoms with van der Waals surface area (Å²) in [6.45, 7) is 2.79. The highest BCUT2D eigenvalue weighted by Gasteiger charge is 2.43.